The van der Waals surface area contributed by atoms with Crippen LogP contribution >= 0.6 is 7.14 Å². The Morgan fingerprint density at radius 3 is 1.45 bits per heavy atom. The Labute approximate surface area is 184 Å². The fourth-order valence-electron chi connectivity index (χ4n) is 4.25. The maximum absolute atomic E-state index is 14.6. The first-order chi connectivity index (χ1) is 14.5. The molecule has 0 aliphatic rings. The summed E-state index contributed by atoms with van der Waals surface area (Å²) in [6, 6.07) is 14.0. The van der Waals surface area contributed by atoms with E-state index >= 15 is 0 Å². The topological polar surface area (TPSA) is 51.2 Å². The van der Waals surface area contributed by atoms with Crippen molar-refractivity contribution in [3.63, 3.8) is 0 Å². The standard InChI is InChI=1S/C27H29O3P/c1-16-12-11-13-17(2)24(16)26(28)31(30,23-14-9-8-10-15-23)27(29)25-21(6)19(4)18(3)20(5)22(25)7/h8-15H,1-7H3. The van der Waals surface area contributed by atoms with Gasteiger partial charge >= 0.3 is 0 Å². The van der Waals surface area contributed by atoms with Gasteiger partial charge in [-0.3, -0.25) is 9.59 Å². The summed E-state index contributed by atoms with van der Waals surface area (Å²) >= 11 is 0. The Bertz CT molecular complexity index is 1200. The minimum atomic E-state index is -4.14. The molecule has 0 radical (unpaired) electrons. The van der Waals surface area contributed by atoms with Crippen LogP contribution in [0.5, 0.6) is 0 Å². The second-order valence-electron chi connectivity index (χ2n) is 8.32. The molecule has 3 rings (SSSR count). The molecule has 0 saturated heterocycles. The zero-order chi connectivity index (χ0) is 23.1. The van der Waals surface area contributed by atoms with Crippen LogP contribution < -0.4 is 5.30 Å². The molecule has 0 spiro atoms. The lowest BCUT2D eigenvalue weighted by Gasteiger charge is -2.23. The van der Waals surface area contributed by atoms with Crippen LogP contribution in [-0.4, -0.2) is 11.0 Å². The van der Waals surface area contributed by atoms with Gasteiger partial charge in [0.25, 0.3) is 0 Å². The second kappa shape index (κ2) is 8.40. The summed E-state index contributed by atoms with van der Waals surface area (Å²) in [4.78, 5) is 28.0. The summed E-state index contributed by atoms with van der Waals surface area (Å²) in [5, 5.41) is 0.280. The Balaban J connectivity index is 2.37. The molecule has 0 saturated carbocycles. The predicted molar refractivity (Wildman–Crippen MR) is 128 cm³/mol. The average Bonchev–Trinajstić information content (AvgIpc) is 2.76. The van der Waals surface area contributed by atoms with Crippen molar-refractivity contribution in [2.75, 3.05) is 0 Å². The predicted octanol–water partition coefficient (Wildman–Crippen LogP) is 6.51. The summed E-state index contributed by atoms with van der Waals surface area (Å²) in [5.41, 5.74) is 5.73. The van der Waals surface area contributed by atoms with Crippen LogP contribution in [0.1, 0.15) is 59.7 Å². The first-order valence-corrected chi connectivity index (χ1v) is 12.1. The van der Waals surface area contributed by atoms with Crippen LogP contribution in [0.2, 0.25) is 0 Å². The molecule has 0 heterocycles. The van der Waals surface area contributed by atoms with Crippen molar-refractivity contribution < 1.29 is 14.2 Å². The van der Waals surface area contributed by atoms with Crippen LogP contribution in [0.15, 0.2) is 48.5 Å². The number of hydrogen-bond donors (Lipinski definition) is 0. The molecule has 3 nitrogen and oxygen atoms in total. The Kier molecular flexibility index (Phi) is 6.21. The van der Waals surface area contributed by atoms with E-state index in [-0.39, 0.29) is 5.30 Å². The minimum absolute atomic E-state index is 0.280. The summed E-state index contributed by atoms with van der Waals surface area (Å²) in [6.45, 7) is 13.3. The minimum Gasteiger partial charge on any atom is -0.302 e. The molecular formula is C27H29O3P. The van der Waals surface area contributed by atoms with Gasteiger partial charge in [0, 0.05) is 16.4 Å². The van der Waals surface area contributed by atoms with Gasteiger partial charge in [-0.25, -0.2) is 0 Å². The van der Waals surface area contributed by atoms with Gasteiger partial charge in [0.1, 0.15) is 0 Å². The highest BCUT2D eigenvalue weighted by atomic mass is 31.2. The molecule has 1 unspecified atom stereocenters. The lowest BCUT2D eigenvalue weighted by atomic mass is 9.90. The van der Waals surface area contributed by atoms with Crippen LogP contribution in [0.4, 0.5) is 0 Å². The summed E-state index contributed by atoms with van der Waals surface area (Å²) < 4.78 is 14.6. The van der Waals surface area contributed by atoms with Gasteiger partial charge in [-0.2, -0.15) is 0 Å². The molecule has 0 aromatic heterocycles. The van der Waals surface area contributed by atoms with E-state index in [4.69, 9.17) is 0 Å². The second-order valence-corrected chi connectivity index (χ2v) is 10.9. The molecular weight excluding hydrogens is 403 g/mol. The summed E-state index contributed by atoms with van der Waals surface area (Å²) in [7, 11) is -4.14. The van der Waals surface area contributed by atoms with Gasteiger partial charge in [0.2, 0.25) is 18.2 Å². The number of carbonyl (C=O) groups is 2. The molecule has 0 bridgehead atoms. The molecule has 3 aromatic carbocycles. The Hall–Kier alpha value is -2.77. The number of benzene rings is 3. The molecule has 0 fully saturated rings. The third-order valence-corrected chi connectivity index (χ3v) is 9.22. The molecule has 0 N–H and O–H groups in total. The van der Waals surface area contributed by atoms with Gasteiger partial charge in [-0.05, 0) is 87.4 Å². The molecule has 0 aliphatic carbocycles. The average molecular weight is 433 g/mol. The van der Waals surface area contributed by atoms with Gasteiger partial charge < -0.3 is 4.57 Å². The highest BCUT2D eigenvalue weighted by Crippen LogP contribution is 2.53. The zero-order valence-electron chi connectivity index (χ0n) is 19.3. The van der Waals surface area contributed by atoms with E-state index < -0.39 is 18.2 Å². The molecule has 31 heavy (non-hydrogen) atoms. The van der Waals surface area contributed by atoms with Crippen LogP contribution in [0, 0.1) is 48.5 Å². The third-order valence-electron chi connectivity index (χ3n) is 6.60. The fourth-order valence-corrected chi connectivity index (χ4v) is 6.82. The molecule has 160 valence electrons. The van der Waals surface area contributed by atoms with Gasteiger partial charge in [0.05, 0.1) is 0 Å². The Morgan fingerprint density at radius 1 is 0.548 bits per heavy atom. The lowest BCUT2D eigenvalue weighted by Crippen LogP contribution is -2.23. The van der Waals surface area contributed by atoms with Crippen LogP contribution in [-0.2, 0) is 4.57 Å². The van der Waals surface area contributed by atoms with Crippen LogP contribution in [0.3, 0.4) is 0 Å². The summed E-state index contributed by atoms with van der Waals surface area (Å²) in [5.74, 6) is 0. The lowest BCUT2D eigenvalue weighted by molar-refractivity contribution is 0.104. The number of rotatable bonds is 5. The van der Waals surface area contributed by atoms with Crippen molar-refractivity contribution in [1.82, 2.24) is 0 Å². The van der Waals surface area contributed by atoms with Crippen molar-refractivity contribution in [1.29, 1.82) is 0 Å². The smallest absolute Gasteiger partial charge is 0.248 e. The monoisotopic (exact) mass is 432 g/mol. The van der Waals surface area contributed by atoms with Crippen molar-refractivity contribution in [2.45, 2.75) is 48.5 Å². The number of aryl methyl sites for hydroxylation is 2. The molecule has 1 atom stereocenters. The first-order valence-electron chi connectivity index (χ1n) is 10.4. The van der Waals surface area contributed by atoms with Crippen molar-refractivity contribution in [3.8, 4) is 0 Å². The third kappa shape index (κ3) is 3.62. The zero-order valence-corrected chi connectivity index (χ0v) is 20.2. The fraction of sp³-hybridized carbons (Fsp3) is 0.259. The van der Waals surface area contributed by atoms with E-state index in [0.717, 1.165) is 38.9 Å². The van der Waals surface area contributed by atoms with Crippen LogP contribution in [0.25, 0.3) is 0 Å². The highest BCUT2D eigenvalue weighted by Gasteiger charge is 2.44. The maximum Gasteiger partial charge on any atom is 0.248 e. The van der Waals surface area contributed by atoms with E-state index in [1.165, 1.54) is 0 Å². The molecule has 0 aliphatic heterocycles. The van der Waals surface area contributed by atoms with Gasteiger partial charge in [-0.1, -0.05) is 48.5 Å². The van der Waals surface area contributed by atoms with Crippen molar-refractivity contribution >= 4 is 23.5 Å². The first kappa shape index (κ1) is 22.9. The normalized spacial score (nSPS) is 13.0. The quantitative estimate of drug-likeness (QED) is 0.432. The molecule has 3 aromatic rings. The van der Waals surface area contributed by atoms with Gasteiger partial charge in [0.15, 0.2) is 0 Å². The molecule has 4 heteroatoms. The van der Waals surface area contributed by atoms with E-state index in [1.54, 1.807) is 30.3 Å². The number of hydrogen-bond acceptors (Lipinski definition) is 3. The largest absolute Gasteiger partial charge is 0.302 e. The molecule has 0 amide bonds. The van der Waals surface area contributed by atoms with Gasteiger partial charge in [-0.15, -0.1) is 0 Å². The van der Waals surface area contributed by atoms with E-state index in [0.29, 0.717) is 11.1 Å². The van der Waals surface area contributed by atoms with E-state index in [1.807, 2.05) is 66.7 Å². The highest BCUT2D eigenvalue weighted by molar-refractivity contribution is 8.01. The van der Waals surface area contributed by atoms with Crippen molar-refractivity contribution in [2.24, 2.45) is 0 Å². The number of carbonyl (C=O) groups excluding carboxylic acids is 2. The summed E-state index contributed by atoms with van der Waals surface area (Å²) in [6.07, 6.45) is 0. The SMILES string of the molecule is Cc1cccc(C)c1C(=O)P(=O)(C(=O)c1c(C)c(C)c(C)c(C)c1C)c1ccccc1. The van der Waals surface area contributed by atoms with E-state index in [2.05, 4.69) is 0 Å². The maximum atomic E-state index is 14.6. The Morgan fingerprint density at radius 2 is 0.968 bits per heavy atom. The van der Waals surface area contributed by atoms with E-state index in [9.17, 15) is 14.2 Å². The van der Waals surface area contributed by atoms with Crippen molar-refractivity contribution in [3.05, 3.63) is 98.6 Å².